The molecule has 0 N–H and O–H groups in total. The zero-order chi connectivity index (χ0) is 15.3. The van der Waals surface area contributed by atoms with Crippen LogP contribution in [0.15, 0.2) is 51.6 Å². The lowest BCUT2D eigenvalue weighted by atomic mass is 9.94. The van der Waals surface area contributed by atoms with Crippen LogP contribution >= 0.6 is 11.8 Å². The normalized spacial score (nSPS) is 22.1. The first kappa shape index (κ1) is 15.6. The summed E-state index contributed by atoms with van der Waals surface area (Å²) in [4.78, 5) is 1.15. The minimum Gasteiger partial charge on any atom is -0.268 e. The Morgan fingerprint density at radius 1 is 1.48 bits per heavy atom. The second-order valence-electron chi connectivity index (χ2n) is 4.53. The third-order valence-electron chi connectivity index (χ3n) is 2.77. The molecule has 2 rings (SSSR count). The highest BCUT2D eigenvalue weighted by Crippen LogP contribution is 2.29. The molecule has 0 unspecified atom stereocenters. The predicted molar refractivity (Wildman–Crippen MR) is 84.1 cm³/mol. The zero-order valence-electron chi connectivity index (χ0n) is 11.4. The zero-order valence-corrected chi connectivity index (χ0v) is 13.1. The maximum absolute atomic E-state index is 10.9. The number of hydrogen-bond acceptors (Lipinski definition) is 6. The number of allylic oxidation sites excluding steroid dienone is 6. The van der Waals surface area contributed by atoms with Gasteiger partial charge in [0, 0.05) is 17.1 Å². The van der Waals surface area contributed by atoms with Crippen LogP contribution in [0.3, 0.4) is 0 Å². The second kappa shape index (κ2) is 6.78. The Hall–Kier alpha value is -1.78. The van der Waals surface area contributed by atoms with E-state index in [2.05, 4.69) is 21.6 Å². The number of thioether (sulfide) groups is 1. The van der Waals surface area contributed by atoms with E-state index in [1.807, 2.05) is 18.2 Å². The predicted octanol–water partition coefficient (Wildman–Crippen LogP) is 2.68. The van der Waals surface area contributed by atoms with Gasteiger partial charge in [-0.2, -0.15) is 13.7 Å². The quantitative estimate of drug-likeness (QED) is 0.743. The first-order valence-corrected chi connectivity index (χ1v) is 9.02. The molecule has 110 valence electrons. The minimum absolute atomic E-state index is 0.274. The molecule has 1 heterocycles. The molecular weight excluding hydrogens is 308 g/mol. The summed E-state index contributed by atoms with van der Waals surface area (Å²) in [7, 11) is -3.61. The van der Waals surface area contributed by atoms with E-state index < -0.39 is 10.1 Å². The summed E-state index contributed by atoms with van der Waals surface area (Å²) >= 11 is 1.74. The maximum atomic E-state index is 10.9. The smallest absolute Gasteiger partial charge is 0.268 e. The Balaban J connectivity index is 2.21. The second-order valence-corrected chi connectivity index (χ2v) is 7.18. The SMILES string of the molecule is CS(=O)(=O)ON=C1C=CC(C=C2C=CCS2)=C(CC#N)C1. The van der Waals surface area contributed by atoms with Crippen molar-refractivity contribution in [1.82, 2.24) is 0 Å². The van der Waals surface area contributed by atoms with Crippen molar-refractivity contribution < 1.29 is 12.7 Å². The van der Waals surface area contributed by atoms with Gasteiger partial charge in [-0.15, -0.1) is 11.8 Å². The van der Waals surface area contributed by atoms with Crippen LogP contribution in [0, 0.1) is 11.3 Å². The van der Waals surface area contributed by atoms with Gasteiger partial charge in [-0.3, -0.25) is 4.28 Å². The van der Waals surface area contributed by atoms with E-state index in [1.54, 1.807) is 17.8 Å². The number of rotatable bonds is 4. The molecule has 7 heteroatoms. The molecule has 0 amide bonds. The van der Waals surface area contributed by atoms with Gasteiger partial charge in [0.05, 0.1) is 24.5 Å². The molecule has 1 aliphatic heterocycles. The van der Waals surface area contributed by atoms with Gasteiger partial charge in [0.2, 0.25) is 0 Å². The van der Waals surface area contributed by atoms with Gasteiger partial charge in [-0.1, -0.05) is 23.4 Å². The van der Waals surface area contributed by atoms with E-state index in [9.17, 15) is 8.42 Å². The average Bonchev–Trinajstić information content (AvgIpc) is 2.91. The maximum Gasteiger partial charge on any atom is 0.325 e. The van der Waals surface area contributed by atoms with Crippen molar-refractivity contribution in [1.29, 1.82) is 5.26 Å². The van der Waals surface area contributed by atoms with Gasteiger partial charge < -0.3 is 0 Å². The van der Waals surface area contributed by atoms with Crippen LogP contribution in [0.4, 0.5) is 0 Å². The highest BCUT2D eigenvalue weighted by Gasteiger charge is 2.14. The highest BCUT2D eigenvalue weighted by molar-refractivity contribution is 8.03. The largest absolute Gasteiger partial charge is 0.325 e. The van der Waals surface area contributed by atoms with Gasteiger partial charge in [0.25, 0.3) is 0 Å². The number of nitrogens with zero attached hydrogens (tertiary/aromatic N) is 2. The van der Waals surface area contributed by atoms with E-state index in [1.165, 1.54) is 0 Å². The van der Waals surface area contributed by atoms with Crippen molar-refractivity contribution in [2.75, 3.05) is 12.0 Å². The average molecular weight is 322 g/mol. The summed E-state index contributed by atoms with van der Waals surface area (Å²) < 4.78 is 26.3. The van der Waals surface area contributed by atoms with Crippen LogP contribution in [-0.4, -0.2) is 26.1 Å². The van der Waals surface area contributed by atoms with Crippen molar-refractivity contribution in [3.05, 3.63) is 46.4 Å². The fourth-order valence-corrected chi connectivity index (χ4v) is 2.89. The highest BCUT2D eigenvalue weighted by atomic mass is 32.2. The topological polar surface area (TPSA) is 79.5 Å². The van der Waals surface area contributed by atoms with Gasteiger partial charge in [-0.25, -0.2) is 0 Å². The van der Waals surface area contributed by atoms with Gasteiger partial charge >= 0.3 is 10.1 Å². The van der Waals surface area contributed by atoms with Gasteiger partial charge in [-0.05, 0) is 23.3 Å². The third kappa shape index (κ3) is 4.92. The molecule has 0 atom stereocenters. The van der Waals surface area contributed by atoms with E-state index in [-0.39, 0.29) is 6.42 Å². The van der Waals surface area contributed by atoms with Crippen molar-refractivity contribution in [3.63, 3.8) is 0 Å². The number of hydrogen-bond donors (Lipinski definition) is 0. The van der Waals surface area contributed by atoms with Crippen molar-refractivity contribution in [2.45, 2.75) is 12.8 Å². The molecule has 0 fully saturated rings. The van der Waals surface area contributed by atoms with Crippen LogP contribution in [0.25, 0.3) is 0 Å². The molecule has 0 saturated carbocycles. The molecule has 1 aliphatic carbocycles. The van der Waals surface area contributed by atoms with Crippen molar-refractivity contribution in [3.8, 4) is 6.07 Å². The molecule has 0 radical (unpaired) electrons. The lowest BCUT2D eigenvalue weighted by Gasteiger charge is -2.13. The Labute approximate surface area is 128 Å². The summed E-state index contributed by atoms with van der Waals surface area (Å²) in [5.41, 5.74) is 2.37. The lowest BCUT2D eigenvalue weighted by Crippen LogP contribution is -2.07. The van der Waals surface area contributed by atoms with Crippen molar-refractivity contribution in [2.24, 2.45) is 5.16 Å². The molecule has 21 heavy (non-hydrogen) atoms. The Bertz CT molecular complexity index is 720. The monoisotopic (exact) mass is 322 g/mol. The van der Waals surface area contributed by atoms with Gasteiger partial charge in [0.15, 0.2) is 0 Å². The Kier molecular flexibility index (Phi) is 5.04. The Morgan fingerprint density at radius 3 is 2.90 bits per heavy atom. The van der Waals surface area contributed by atoms with Crippen LogP contribution in [0.2, 0.25) is 0 Å². The van der Waals surface area contributed by atoms with E-state index in [0.717, 1.165) is 28.1 Å². The molecule has 0 aromatic rings. The van der Waals surface area contributed by atoms with Crippen LogP contribution in [0.5, 0.6) is 0 Å². The van der Waals surface area contributed by atoms with Crippen molar-refractivity contribution >= 4 is 27.6 Å². The third-order valence-corrected chi connectivity index (χ3v) is 4.06. The first-order chi connectivity index (χ1) is 9.98. The lowest BCUT2D eigenvalue weighted by molar-refractivity contribution is 0.342. The minimum atomic E-state index is -3.61. The molecular formula is C14H14N2O3S2. The fraction of sp³-hybridized carbons (Fsp3) is 0.286. The molecule has 0 saturated heterocycles. The van der Waals surface area contributed by atoms with Gasteiger partial charge in [0.1, 0.15) is 0 Å². The Morgan fingerprint density at radius 2 is 2.29 bits per heavy atom. The van der Waals surface area contributed by atoms with E-state index in [4.69, 9.17) is 5.26 Å². The van der Waals surface area contributed by atoms with E-state index >= 15 is 0 Å². The van der Waals surface area contributed by atoms with Crippen LogP contribution < -0.4 is 0 Å². The summed E-state index contributed by atoms with van der Waals surface area (Å²) in [5.74, 6) is 0.964. The summed E-state index contributed by atoms with van der Waals surface area (Å²) in [6, 6.07) is 2.13. The molecule has 0 spiro atoms. The fourth-order valence-electron chi connectivity index (χ4n) is 1.87. The summed E-state index contributed by atoms with van der Waals surface area (Å²) in [6.07, 6.45) is 11.3. The molecule has 0 bridgehead atoms. The summed E-state index contributed by atoms with van der Waals surface area (Å²) in [6.45, 7) is 0. The molecule has 5 nitrogen and oxygen atoms in total. The van der Waals surface area contributed by atoms with Crippen LogP contribution in [-0.2, 0) is 14.4 Å². The molecule has 0 aromatic heterocycles. The van der Waals surface area contributed by atoms with Crippen LogP contribution in [0.1, 0.15) is 12.8 Å². The molecule has 2 aliphatic rings. The standard InChI is InChI=1S/C14H14N2O3S2/c1-21(17,18)19-16-13-5-4-11(12(9-13)6-7-15)10-14-3-2-8-20-14/h2-5,10H,6,8-9H2,1H3. The van der Waals surface area contributed by atoms with E-state index in [0.29, 0.717) is 12.1 Å². The number of oxime groups is 1. The summed E-state index contributed by atoms with van der Waals surface area (Å²) in [5, 5.41) is 12.5. The molecule has 0 aromatic carbocycles. The number of nitriles is 1. The first-order valence-electron chi connectivity index (χ1n) is 6.21.